The maximum atomic E-state index is 8.50. The van der Waals surface area contributed by atoms with Crippen LogP contribution in [-0.2, 0) is 84.7 Å². The van der Waals surface area contributed by atoms with E-state index in [0.717, 1.165) is 0 Å². The molecule has 23 valence electrons. The number of hydrogen-bond donors (Lipinski definition) is 0. The summed E-state index contributed by atoms with van der Waals surface area (Å²) < 4.78 is 17.0. The molecule has 0 saturated carbocycles. The van der Waals surface area contributed by atoms with E-state index in [9.17, 15) is 0 Å². The molecule has 5 heavy (non-hydrogen) atoms. The van der Waals surface area contributed by atoms with E-state index in [2.05, 4.69) is 0 Å². The van der Waals surface area contributed by atoms with Crippen molar-refractivity contribution in [2.75, 3.05) is 0 Å². The van der Waals surface area contributed by atoms with Gasteiger partial charge in [0, 0.05) is 58.9 Å². The Morgan fingerprint density at radius 2 is 1.20 bits per heavy atom. The Morgan fingerprint density at radius 1 is 1.20 bits per heavy atom. The Kier molecular flexibility index (Phi) is 50.9. The normalized spacial score (nSPS) is 1.60. The summed E-state index contributed by atoms with van der Waals surface area (Å²) in [4.78, 5) is 0. The number of hydrogen-bond acceptors (Lipinski definition) is 2. The predicted octanol–water partition coefficient (Wildman–Crippen LogP) is -0.245. The van der Waals surface area contributed by atoms with E-state index in [1.807, 2.05) is 0 Å². The van der Waals surface area contributed by atoms with Crippen LogP contribution in [0.1, 0.15) is 0 Å². The molecule has 0 saturated heterocycles. The van der Waals surface area contributed by atoms with E-state index in [4.69, 9.17) is 6.65 Å². The van der Waals surface area contributed by atoms with Gasteiger partial charge in [0.2, 0.25) is 0 Å². The Labute approximate surface area is 83.0 Å². The third kappa shape index (κ3) is 22.0. The van der Waals surface area contributed by atoms with E-state index in [1.165, 1.54) is 0 Å². The third-order valence-electron chi connectivity index (χ3n) is 0. The monoisotopic (exact) mass is 259 g/mol. The van der Waals surface area contributed by atoms with Crippen LogP contribution in [0.3, 0.4) is 0 Å². The van der Waals surface area contributed by atoms with Gasteiger partial charge in [-0.05, 0) is 0 Å². The summed E-state index contributed by atoms with van der Waals surface area (Å²) in [5.41, 5.74) is 0. The minimum atomic E-state index is -2.00. The van der Waals surface area contributed by atoms with Crippen molar-refractivity contribution < 1.29 is 84.7 Å². The zero-order valence-electron chi connectivity index (χ0n) is 2.39. The van der Waals surface area contributed by atoms with Gasteiger partial charge in [0.1, 0.15) is 0 Å². The fourth-order valence-electron chi connectivity index (χ4n) is 0. The van der Waals surface area contributed by atoms with E-state index in [1.54, 1.807) is 0 Å². The standard InChI is InChI=1S/2O.Ti.Y.Zr. The second kappa shape index (κ2) is 16.2. The first-order chi connectivity index (χ1) is 1.41. The van der Waals surface area contributed by atoms with Gasteiger partial charge in [0.15, 0.2) is 0 Å². The van der Waals surface area contributed by atoms with Gasteiger partial charge >= 0.3 is 25.7 Å². The third-order valence-corrected chi connectivity index (χ3v) is 0. The van der Waals surface area contributed by atoms with Crippen LogP contribution in [0.2, 0.25) is 0 Å². The molecular weight excluding hydrogens is 260 g/mol. The summed E-state index contributed by atoms with van der Waals surface area (Å²) in [6.45, 7) is 0. The van der Waals surface area contributed by atoms with Crippen LogP contribution in [0.25, 0.3) is 0 Å². The Morgan fingerprint density at radius 3 is 1.20 bits per heavy atom. The molecule has 0 atom stereocenters. The molecule has 0 bridgehead atoms. The van der Waals surface area contributed by atoms with Crippen LogP contribution in [0, 0.1) is 0 Å². The molecule has 5 heteroatoms. The maximum Gasteiger partial charge on any atom is 0 e. The topological polar surface area (TPSA) is 34.1 Å². The molecule has 0 aliphatic carbocycles. The zero-order chi connectivity index (χ0) is 2.71. The molecule has 1 radical (unpaired) electrons. The summed E-state index contributed by atoms with van der Waals surface area (Å²) >= 11 is -2.00. The van der Waals surface area contributed by atoms with Crippen LogP contribution in [0.15, 0.2) is 0 Å². The van der Waals surface area contributed by atoms with Crippen molar-refractivity contribution in [1.29, 1.82) is 0 Å². The first-order valence-corrected chi connectivity index (χ1v) is 1.68. The first kappa shape index (κ1) is 15.7. The fourth-order valence-corrected chi connectivity index (χ4v) is 0. The first-order valence-electron chi connectivity index (χ1n) is 0.408. The van der Waals surface area contributed by atoms with E-state index in [-0.39, 0.29) is 58.9 Å². The van der Waals surface area contributed by atoms with Gasteiger partial charge in [-0.15, -0.1) is 0 Å². The second-order valence-corrected chi connectivity index (χ2v) is 0.344. The molecule has 0 fully saturated rings. The predicted molar refractivity (Wildman–Crippen MR) is 1.37 cm³/mol. The Balaban J connectivity index is -0.0000000200. The molecule has 0 aromatic rings. The maximum absolute atomic E-state index is 8.50. The van der Waals surface area contributed by atoms with Crippen LogP contribution >= 0.6 is 0 Å². The average molecular weight is 260 g/mol. The molecule has 0 unspecified atom stereocenters. The molecule has 2 nitrogen and oxygen atoms in total. The van der Waals surface area contributed by atoms with Gasteiger partial charge in [-0.1, -0.05) is 0 Å². The quantitative estimate of drug-likeness (QED) is 0.563. The van der Waals surface area contributed by atoms with Crippen LogP contribution in [0.4, 0.5) is 0 Å². The second-order valence-electron chi connectivity index (χ2n) is 0.0833. The summed E-state index contributed by atoms with van der Waals surface area (Å²) in [6.07, 6.45) is 0. The van der Waals surface area contributed by atoms with E-state index < -0.39 is 19.1 Å². The van der Waals surface area contributed by atoms with E-state index >= 15 is 0 Å². The minimum absolute atomic E-state index is 0. The molecule has 0 N–H and O–H groups in total. The van der Waals surface area contributed by atoms with Crippen molar-refractivity contribution in [2.45, 2.75) is 0 Å². The molecule has 0 aliphatic heterocycles. The van der Waals surface area contributed by atoms with Gasteiger partial charge in [-0.3, -0.25) is 0 Å². The van der Waals surface area contributed by atoms with Crippen molar-refractivity contribution in [1.82, 2.24) is 0 Å². The molecule has 0 aromatic carbocycles. The van der Waals surface area contributed by atoms with Crippen LogP contribution in [-0.4, -0.2) is 0 Å². The van der Waals surface area contributed by atoms with E-state index in [0.29, 0.717) is 0 Å². The summed E-state index contributed by atoms with van der Waals surface area (Å²) in [5, 5.41) is 0. The molecule has 0 heterocycles. The Bertz CT molecular complexity index is 30.6. The SMILES string of the molecule is [O]=[Ti]=[O].[Y].[Zr]. The Hall–Kier alpha value is 2.30. The van der Waals surface area contributed by atoms with Gasteiger partial charge in [-0.25, -0.2) is 0 Å². The van der Waals surface area contributed by atoms with Crippen molar-refractivity contribution in [3.8, 4) is 0 Å². The van der Waals surface area contributed by atoms with Crippen LogP contribution in [0.5, 0.6) is 0 Å². The summed E-state index contributed by atoms with van der Waals surface area (Å²) in [6, 6.07) is 0. The molecule has 0 aliphatic rings. The fraction of sp³-hybridized carbons (Fsp3) is 0. The van der Waals surface area contributed by atoms with Crippen molar-refractivity contribution in [2.24, 2.45) is 0 Å². The molecule has 0 amide bonds. The molecular formula is O2TiYZr. The van der Waals surface area contributed by atoms with Gasteiger partial charge in [0.05, 0.1) is 0 Å². The zero-order valence-corrected chi connectivity index (χ0v) is 9.25. The summed E-state index contributed by atoms with van der Waals surface area (Å²) in [7, 11) is 0. The smallest absolute Gasteiger partial charge is 0 e. The largest absolute Gasteiger partial charge is 0 e. The molecule has 0 aromatic heterocycles. The van der Waals surface area contributed by atoms with Gasteiger partial charge < -0.3 is 0 Å². The van der Waals surface area contributed by atoms with Gasteiger partial charge in [-0.2, -0.15) is 0 Å². The van der Waals surface area contributed by atoms with Crippen molar-refractivity contribution in [3.63, 3.8) is 0 Å². The molecule has 0 spiro atoms. The number of rotatable bonds is 0. The summed E-state index contributed by atoms with van der Waals surface area (Å²) in [5.74, 6) is 0. The average Bonchev–Trinajstić information content (AvgIpc) is 0.918. The van der Waals surface area contributed by atoms with Crippen molar-refractivity contribution in [3.05, 3.63) is 0 Å². The van der Waals surface area contributed by atoms with Crippen LogP contribution < -0.4 is 0 Å². The van der Waals surface area contributed by atoms with Gasteiger partial charge in [0.25, 0.3) is 0 Å². The minimum Gasteiger partial charge on any atom is 0 e. The molecule has 0 rings (SSSR count). The van der Waals surface area contributed by atoms with Crippen molar-refractivity contribution >= 4 is 0 Å².